The molecule has 2 aromatic heterocycles. The number of fused-ring (bicyclic) bond motifs is 3. The zero-order valence-corrected chi connectivity index (χ0v) is 16.6. The van der Waals surface area contributed by atoms with Crippen LogP contribution in [0.25, 0.3) is 16.7 Å². The monoisotopic (exact) mass is 405 g/mol. The van der Waals surface area contributed by atoms with Crippen molar-refractivity contribution < 1.29 is 4.79 Å². The third-order valence-electron chi connectivity index (χ3n) is 4.42. The lowest BCUT2D eigenvalue weighted by molar-refractivity contribution is -0.113. The van der Waals surface area contributed by atoms with E-state index in [-0.39, 0.29) is 17.2 Å². The summed E-state index contributed by atoms with van der Waals surface area (Å²) in [5.74, 6) is 0.458. The lowest BCUT2D eigenvalue weighted by atomic mass is 10.2. The van der Waals surface area contributed by atoms with Crippen molar-refractivity contribution in [2.24, 2.45) is 0 Å². The Balaban J connectivity index is 1.67. The summed E-state index contributed by atoms with van der Waals surface area (Å²) in [5, 5.41) is 12.4. The quantitative estimate of drug-likeness (QED) is 0.393. The Hall–Kier alpha value is -3.39. The maximum Gasteiger partial charge on any atom is 0.263 e. The lowest BCUT2D eigenvalue weighted by Gasteiger charge is -2.09. The van der Waals surface area contributed by atoms with E-state index in [1.807, 2.05) is 53.8 Å². The van der Waals surface area contributed by atoms with Crippen LogP contribution in [0.2, 0.25) is 0 Å². The van der Waals surface area contributed by atoms with Crippen LogP contribution >= 0.6 is 11.8 Å². The number of carbonyl (C=O) groups is 1. The predicted molar refractivity (Wildman–Crippen MR) is 115 cm³/mol. The molecule has 0 atom stereocenters. The first-order chi connectivity index (χ1) is 14.1. The molecule has 7 nitrogen and oxygen atoms in total. The van der Waals surface area contributed by atoms with Crippen molar-refractivity contribution in [3.8, 4) is 0 Å². The smallest absolute Gasteiger partial charge is 0.263 e. The molecule has 0 aliphatic rings. The molecule has 4 aromatic rings. The van der Waals surface area contributed by atoms with Crippen LogP contribution in [-0.2, 0) is 11.3 Å². The summed E-state index contributed by atoms with van der Waals surface area (Å²) in [6.45, 7) is 6.02. The zero-order chi connectivity index (χ0) is 20.4. The molecule has 0 spiro atoms. The van der Waals surface area contributed by atoms with Gasteiger partial charge in [0, 0.05) is 12.2 Å². The van der Waals surface area contributed by atoms with Crippen LogP contribution < -0.4 is 10.9 Å². The lowest BCUT2D eigenvalue weighted by Crippen LogP contribution is -2.22. The number of amides is 1. The van der Waals surface area contributed by atoms with E-state index in [1.54, 1.807) is 12.1 Å². The minimum absolute atomic E-state index is 0.138. The number of nitrogens with one attached hydrogen (secondary N) is 1. The molecule has 4 rings (SSSR count). The number of thioether (sulfide) groups is 1. The van der Waals surface area contributed by atoms with Gasteiger partial charge in [-0.2, -0.15) is 0 Å². The van der Waals surface area contributed by atoms with E-state index in [1.165, 1.54) is 16.3 Å². The number of benzene rings is 2. The summed E-state index contributed by atoms with van der Waals surface area (Å²) < 4.78 is 3.34. The third-order valence-corrected chi connectivity index (χ3v) is 5.35. The van der Waals surface area contributed by atoms with Gasteiger partial charge in [-0.1, -0.05) is 42.1 Å². The van der Waals surface area contributed by atoms with E-state index in [9.17, 15) is 9.59 Å². The van der Waals surface area contributed by atoms with E-state index in [0.29, 0.717) is 28.4 Å². The Morgan fingerprint density at radius 2 is 2.03 bits per heavy atom. The van der Waals surface area contributed by atoms with Gasteiger partial charge in [0.15, 0.2) is 5.16 Å². The predicted octanol–water partition coefficient (Wildman–Crippen LogP) is 3.27. The van der Waals surface area contributed by atoms with E-state index in [0.717, 1.165) is 11.3 Å². The number of nitrogens with zero attached hydrogens (tertiary/aromatic N) is 4. The molecular weight excluding hydrogens is 386 g/mol. The number of anilines is 1. The number of aromatic nitrogens is 4. The molecule has 0 fully saturated rings. The molecule has 0 radical (unpaired) electrons. The van der Waals surface area contributed by atoms with Gasteiger partial charge >= 0.3 is 0 Å². The number of hydrogen-bond acceptors (Lipinski definition) is 5. The van der Waals surface area contributed by atoms with Crippen LogP contribution in [-0.4, -0.2) is 30.8 Å². The maximum absolute atomic E-state index is 12.8. The van der Waals surface area contributed by atoms with Crippen molar-refractivity contribution in [3.63, 3.8) is 0 Å². The van der Waals surface area contributed by atoms with Crippen LogP contribution in [0, 0.1) is 6.92 Å². The average molecular weight is 405 g/mol. The molecule has 1 amide bonds. The van der Waals surface area contributed by atoms with Crippen LogP contribution in [0.5, 0.6) is 0 Å². The molecule has 0 saturated carbocycles. The number of allylic oxidation sites excluding steroid dienone is 1. The van der Waals surface area contributed by atoms with Gasteiger partial charge in [-0.05, 0) is 36.8 Å². The van der Waals surface area contributed by atoms with Gasteiger partial charge in [0.2, 0.25) is 11.7 Å². The van der Waals surface area contributed by atoms with Gasteiger partial charge in [-0.3, -0.25) is 18.6 Å². The number of hydrogen-bond donors (Lipinski definition) is 1. The second kappa shape index (κ2) is 7.92. The van der Waals surface area contributed by atoms with Crippen LogP contribution in [0.1, 0.15) is 5.56 Å². The fourth-order valence-corrected chi connectivity index (χ4v) is 3.91. The summed E-state index contributed by atoms with van der Waals surface area (Å²) in [4.78, 5) is 25.2. The fourth-order valence-electron chi connectivity index (χ4n) is 3.17. The second-order valence-electron chi connectivity index (χ2n) is 6.55. The molecule has 8 heteroatoms. The third kappa shape index (κ3) is 3.66. The number of carbonyl (C=O) groups excluding carboxylic acids is 1. The Labute approximate surface area is 171 Å². The Bertz CT molecular complexity index is 1290. The van der Waals surface area contributed by atoms with Gasteiger partial charge in [-0.15, -0.1) is 16.8 Å². The van der Waals surface area contributed by atoms with Crippen LogP contribution in [0.15, 0.2) is 71.1 Å². The van der Waals surface area contributed by atoms with Gasteiger partial charge in [-0.25, -0.2) is 0 Å². The summed E-state index contributed by atoms with van der Waals surface area (Å²) in [6.07, 6.45) is 1.65. The normalized spacial score (nSPS) is 11.1. The minimum atomic E-state index is -0.144. The molecule has 0 bridgehead atoms. The van der Waals surface area contributed by atoms with Crippen LogP contribution in [0.4, 0.5) is 5.69 Å². The molecule has 1 N–H and O–H groups in total. The number of aryl methyl sites for hydroxylation is 1. The summed E-state index contributed by atoms with van der Waals surface area (Å²) in [5.41, 5.74) is 2.39. The Morgan fingerprint density at radius 3 is 2.83 bits per heavy atom. The van der Waals surface area contributed by atoms with Gasteiger partial charge in [0.25, 0.3) is 5.56 Å². The Kier molecular flexibility index (Phi) is 5.18. The molecule has 0 unspecified atom stereocenters. The van der Waals surface area contributed by atoms with E-state index < -0.39 is 0 Å². The summed E-state index contributed by atoms with van der Waals surface area (Å²) in [7, 11) is 0. The Morgan fingerprint density at radius 1 is 1.21 bits per heavy atom. The standard InChI is InChI=1S/C21H19N5O2S/c1-3-11-25-19(28)16-9-4-5-10-17(16)26-20(25)23-24-21(26)29-13-18(27)22-15-8-6-7-14(2)12-15/h3-10,12H,1,11,13H2,2H3,(H,22,27). The van der Waals surface area contributed by atoms with Crippen molar-refractivity contribution in [3.05, 3.63) is 77.1 Å². The topological polar surface area (TPSA) is 81.3 Å². The molecule has 29 heavy (non-hydrogen) atoms. The first-order valence-corrected chi connectivity index (χ1v) is 10.0. The average Bonchev–Trinajstić information content (AvgIpc) is 3.13. The molecule has 0 aliphatic heterocycles. The van der Waals surface area contributed by atoms with Gasteiger partial charge in [0.05, 0.1) is 16.7 Å². The second-order valence-corrected chi connectivity index (χ2v) is 7.49. The molecule has 0 aliphatic carbocycles. The minimum Gasteiger partial charge on any atom is -0.325 e. The van der Waals surface area contributed by atoms with Crippen molar-refractivity contribution >= 4 is 40.0 Å². The molecular formula is C21H19N5O2S. The first-order valence-electron chi connectivity index (χ1n) is 9.05. The van der Waals surface area contributed by atoms with Crippen molar-refractivity contribution in [1.29, 1.82) is 0 Å². The van der Waals surface area contributed by atoms with Crippen molar-refractivity contribution in [2.45, 2.75) is 18.6 Å². The zero-order valence-electron chi connectivity index (χ0n) is 15.8. The largest absolute Gasteiger partial charge is 0.325 e. The highest BCUT2D eigenvalue weighted by Gasteiger charge is 2.17. The van der Waals surface area contributed by atoms with E-state index in [2.05, 4.69) is 22.1 Å². The van der Waals surface area contributed by atoms with E-state index in [4.69, 9.17) is 0 Å². The highest BCUT2D eigenvalue weighted by atomic mass is 32.2. The highest BCUT2D eigenvalue weighted by molar-refractivity contribution is 7.99. The van der Waals surface area contributed by atoms with Crippen molar-refractivity contribution in [1.82, 2.24) is 19.2 Å². The van der Waals surface area contributed by atoms with Crippen LogP contribution in [0.3, 0.4) is 0 Å². The first kappa shape index (κ1) is 18.9. The van der Waals surface area contributed by atoms with Crippen molar-refractivity contribution in [2.75, 3.05) is 11.1 Å². The number of para-hydroxylation sites is 1. The SMILES string of the molecule is C=CCn1c(=O)c2ccccc2n2c(SCC(=O)Nc3cccc(C)c3)nnc12. The molecule has 146 valence electrons. The fraction of sp³-hybridized carbons (Fsp3) is 0.143. The molecule has 2 heterocycles. The van der Waals surface area contributed by atoms with Gasteiger partial charge < -0.3 is 5.32 Å². The molecule has 2 aromatic carbocycles. The highest BCUT2D eigenvalue weighted by Crippen LogP contribution is 2.22. The van der Waals surface area contributed by atoms with Gasteiger partial charge in [0.1, 0.15) is 0 Å². The van der Waals surface area contributed by atoms with E-state index >= 15 is 0 Å². The molecule has 0 saturated heterocycles. The summed E-state index contributed by atoms with van der Waals surface area (Å²) >= 11 is 1.27. The summed E-state index contributed by atoms with van der Waals surface area (Å²) in [6, 6.07) is 14.9. The maximum atomic E-state index is 12.8. The number of rotatable bonds is 6.